The molecule has 0 rings (SSSR count). The Morgan fingerprint density at radius 1 is 1.05 bits per heavy atom. The fourth-order valence-corrected chi connectivity index (χ4v) is 1.90. The second-order valence-electron chi connectivity index (χ2n) is 5.11. The first-order chi connectivity index (χ1) is 9.70. The Morgan fingerprint density at radius 3 is 2.35 bits per heavy atom. The molecule has 3 nitrogen and oxygen atoms in total. The molecule has 0 aromatic rings. The predicted molar refractivity (Wildman–Crippen MR) is 83.5 cm³/mol. The van der Waals surface area contributed by atoms with E-state index in [-0.39, 0.29) is 11.9 Å². The van der Waals surface area contributed by atoms with E-state index < -0.39 is 0 Å². The molecular formula is C17H30O3. The summed E-state index contributed by atoms with van der Waals surface area (Å²) >= 11 is 0. The largest absolute Gasteiger partial charge is 0.481 e. The first kappa shape index (κ1) is 18.8. The number of ether oxygens (including phenoxy) is 1. The molecule has 0 radical (unpaired) electrons. The summed E-state index contributed by atoms with van der Waals surface area (Å²) in [6.07, 6.45) is 14.5. The van der Waals surface area contributed by atoms with Crippen molar-refractivity contribution in [2.24, 2.45) is 0 Å². The Morgan fingerprint density at radius 2 is 1.70 bits per heavy atom. The molecule has 0 amide bonds. The Kier molecular flexibility index (Phi) is 13.3. The third-order valence-corrected chi connectivity index (χ3v) is 3.13. The molecule has 0 bridgehead atoms. The van der Waals surface area contributed by atoms with Crippen molar-refractivity contribution in [1.82, 2.24) is 0 Å². The lowest BCUT2D eigenvalue weighted by Gasteiger charge is -2.03. The van der Waals surface area contributed by atoms with Gasteiger partial charge >= 0.3 is 5.97 Å². The topological polar surface area (TPSA) is 46.5 Å². The summed E-state index contributed by atoms with van der Waals surface area (Å²) in [6, 6.07) is 0. The summed E-state index contributed by atoms with van der Waals surface area (Å²) in [7, 11) is 0. The molecule has 0 spiro atoms. The third kappa shape index (κ3) is 13.2. The van der Waals surface area contributed by atoms with Gasteiger partial charge in [-0.2, -0.15) is 0 Å². The molecule has 0 saturated carbocycles. The monoisotopic (exact) mass is 282 g/mol. The average Bonchev–Trinajstić information content (AvgIpc) is 2.42. The fourth-order valence-electron chi connectivity index (χ4n) is 1.90. The fraction of sp³-hybridized carbons (Fsp3) is 0.706. The van der Waals surface area contributed by atoms with Gasteiger partial charge in [-0.15, -0.1) is 6.58 Å². The van der Waals surface area contributed by atoms with Gasteiger partial charge in [-0.25, -0.2) is 0 Å². The minimum atomic E-state index is -0.332. The van der Waals surface area contributed by atoms with Crippen molar-refractivity contribution in [2.45, 2.75) is 77.6 Å². The maximum absolute atomic E-state index is 11.4. The number of carbonyl (C=O) groups excluding carboxylic acids is 1. The second kappa shape index (κ2) is 14.2. The van der Waals surface area contributed by atoms with E-state index in [9.17, 15) is 9.90 Å². The Bertz CT molecular complexity index is 282. The van der Waals surface area contributed by atoms with Crippen LogP contribution in [0.3, 0.4) is 0 Å². The van der Waals surface area contributed by atoms with Gasteiger partial charge in [-0.1, -0.05) is 45.1 Å². The number of unbranched alkanes of at least 4 members (excludes halogenated alkanes) is 8. The molecule has 1 N–H and O–H groups in total. The summed E-state index contributed by atoms with van der Waals surface area (Å²) in [5, 5.41) is 9.38. The van der Waals surface area contributed by atoms with Gasteiger partial charge in [0.05, 0.1) is 0 Å². The zero-order valence-electron chi connectivity index (χ0n) is 12.9. The van der Waals surface area contributed by atoms with Crippen molar-refractivity contribution in [3.8, 4) is 0 Å². The molecule has 0 aliphatic carbocycles. The zero-order valence-corrected chi connectivity index (χ0v) is 12.9. The number of hydrogen-bond donors (Lipinski definition) is 1. The molecule has 0 saturated heterocycles. The van der Waals surface area contributed by atoms with Gasteiger partial charge in [-0.05, 0) is 38.2 Å². The van der Waals surface area contributed by atoms with E-state index in [1.54, 1.807) is 6.08 Å². The van der Waals surface area contributed by atoms with Crippen LogP contribution < -0.4 is 0 Å². The minimum Gasteiger partial charge on any atom is -0.481 e. The van der Waals surface area contributed by atoms with Gasteiger partial charge in [0.15, 0.2) is 0 Å². The Balaban J connectivity index is 3.44. The van der Waals surface area contributed by atoms with Crippen molar-refractivity contribution >= 4 is 5.97 Å². The number of esters is 1. The molecule has 0 heterocycles. The smallest absolute Gasteiger partial charge is 0.313 e. The van der Waals surface area contributed by atoms with E-state index >= 15 is 0 Å². The number of aliphatic hydroxyl groups is 1. The summed E-state index contributed by atoms with van der Waals surface area (Å²) in [5.41, 5.74) is 0. The van der Waals surface area contributed by atoms with E-state index in [1.807, 2.05) is 6.08 Å². The quantitative estimate of drug-likeness (QED) is 0.212. The highest BCUT2D eigenvalue weighted by Gasteiger charge is 2.05. The maximum atomic E-state index is 11.4. The van der Waals surface area contributed by atoms with Gasteiger partial charge in [0.25, 0.3) is 5.95 Å². The normalized spacial score (nSPS) is 11.3. The van der Waals surface area contributed by atoms with Gasteiger partial charge in [-0.3, -0.25) is 4.79 Å². The van der Waals surface area contributed by atoms with Crippen LogP contribution in [0.5, 0.6) is 0 Å². The highest BCUT2D eigenvalue weighted by Crippen LogP contribution is 2.10. The molecule has 0 atom stereocenters. The van der Waals surface area contributed by atoms with Crippen molar-refractivity contribution in [2.75, 3.05) is 0 Å². The van der Waals surface area contributed by atoms with Crippen molar-refractivity contribution in [3.05, 3.63) is 24.7 Å². The number of allylic oxidation sites excluding steroid dienone is 2. The van der Waals surface area contributed by atoms with Crippen LogP contribution in [0.25, 0.3) is 0 Å². The predicted octanol–water partition coefficient (Wildman–Crippen LogP) is 5.43. The summed E-state index contributed by atoms with van der Waals surface area (Å²) in [5.74, 6) is -0.574. The van der Waals surface area contributed by atoms with Gasteiger partial charge in [0, 0.05) is 6.42 Å². The molecular weight excluding hydrogens is 252 g/mol. The van der Waals surface area contributed by atoms with Crippen molar-refractivity contribution < 1.29 is 14.6 Å². The van der Waals surface area contributed by atoms with Crippen LogP contribution in [-0.4, -0.2) is 11.1 Å². The minimum absolute atomic E-state index is 0.243. The van der Waals surface area contributed by atoms with E-state index in [0.29, 0.717) is 6.42 Å². The standard InChI is InChI=1S/C17H30O3/c1-3-5-7-8-9-10-11-13-15-17(19)20-16(18)14-12-6-4-2/h3,14,18H,1,4-13,15H2,2H3. The maximum Gasteiger partial charge on any atom is 0.313 e. The first-order valence-corrected chi connectivity index (χ1v) is 7.91. The number of aliphatic hydroxyl groups excluding tert-OH is 1. The Labute approximate surface area is 123 Å². The van der Waals surface area contributed by atoms with Crippen LogP contribution in [0, 0.1) is 0 Å². The molecule has 0 aliphatic heterocycles. The lowest BCUT2D eigenvalue weighted by atomic mass is 10.1. The summed E-state index contributed by atoms with van der Waals surface area (Å²) in [6.45, 7) is 5.78. The first-order valence-electron chi connectivity index (χ1n) is 7.91. The van der Waals surface area contributed by atoms with E-state index in [2.05, 4.69) is 13.5 Å². The SMILES string of the molecule is C=CCCCCCCCCC(=O)OC(O)=CCCCC. The Hall–Kier alpha value is -1.25. The van der Waals surface area contributed by atoms with Gasteiger partial charge in [0.2, 0.25) is 0 Å². The van der Waals surface area contributed by atoms with Crippen LogP contribution in [0.15, 0.2) is 24.7 Å². The van der Waals surface area contributed by atoms with Crippen LogP contribution in [0.1, 0.15) is 77.6 Å². The number of carbonyl (C=O) groups is 1. The number of rotatable bonds is 13. The molecule has 20 heavy (non-hydrogen) atoms. The van der Waals surface area contributed by atoms with E-state index in [4.69, 9.17) is 4.74 Å². The zero-order chi connectivity index (χ0) is 15.1. The van der Waals surface area contributed by atoms with Gasteiger partial charge in [0.1, 0.15) is 0 Å². The van der Waals surface area contributed by atoms with Crippen molar-refractivity contribution in [3.63, 3.8) is 0 Å². The van der Waals surface area contributed by atoms with Gasteiger partial charge < -0.3 is 9.84 Å². The van der Waals surface area contributed by atoms with E-state index in [1.165, 1.54) is 19.3 Å². The molecule has 0 aromatic heterocycles. The van der Waals surface area contributed by atoms with Crippen LogP contribution >= 0.6 is 0 Å². The summed E-state index contributed by atoms with van der Waals surface area (Å²) in [4.78, 5) is 11.4. The number of hydrogen-bond acceptors (Lipinski definition) is 3. The lowest BCUT2D eigenvalue weighted by molar-refractivity contribution is -0.143. The molecule has 0 fully saturated rings. The van der Waals surface area contributed by atoms with Crippen molar-refractivity contribution in [1.29, 1.82) is 0 Å². The lowest BCUT2D eigenvalue weighted by Crippen LogP contribution is -2.03. The molecule has 116 valence electrons. The molecule has 3 heteroatoms. The van der Waals surface area contributed by atoms with Crippen LogP contribution in [0.2, 0.25) is 0 Å². The molecule has 0 aromatic carbocycles. The van der Waals surface area contributed by atoms with Crippen LogP contribution in [-0.2, 0) is 9.53 Å². The second-order valence-corrected chi connectivity index (χ2v) is 5.11. The molecule has 0 unspecified atom stereocenters. The van der Waals surface area contributed by atoms with E-state index in [0.717, 1.165) is 44.9 Å². The summed E-state index contributed by atoms with van der Waals surface area (Å²) < 4.78 is 4.82. The highest BCUT2D eigenvalue weighted by molar-refractivity contribution is 5.70. The average molecular weight is 282 g/mol. The third-order valence-electron chi connectivity index (χ3n) is 3.13. The highest BCUT2D eigenvalue weighted by atomic mass is 16.6. The molecule has 0 aliphatic rings. The van der Waals surface area contributed by atoms with Crippen LogP contribution in [0.4, 0.5) is 0 Å².